The highest BCUT2D eigenvalue weighted by Gasteiger charge is 2.20. The first-order chi connectivity index (χ1) is 8.67. The van der Waals surface area contributed by atoms with E-state index in [-0.39, 0.29) is 6.04 Å². The standard InChI is InChI=1S/C13H17N3O2/c1-16-7-9(15-8-16)13(14)12-10(17-2)5-4-6-11(12)18-3/h4-8,13H,14H2,1-3H3. The number of aryl methyl sites for hydroxylation is 1. The van der Waals surface area contributed by atoms with Crippen LogP contribution in [0.25, 0.3) is 0 Å². The van der Waals surface area contributed by atoms with E-state index in [2.05, 4.69) is 4.98 Å². The second-order valence-corrected chi connectivity index (χ2v) is 4.02. The van der Waals surface area contributed by atoms with Crippen molar-refractivity contribution >= 4 is 0 Å². The molecule has 0 aliphatic rings. The number of hydrogen-bond acceptors (Lipinski definition) is 4. The Balaban J connectivity index is 2.48. The second kappa shape index (κ2) is 5.10. The van der Waals surface area contributed by atoms with Crippen molar-refractivity contribution in [3.05, 3.63) is 42.0 Å². The number of imidazole rings is 1. The van der Waals surface area contributed by atoms with Gasteiger partial charge in [-0.25, -0.2) is 4.98 Å². The molecule has 96 valence electrons. The summed E-state index contributed by atoms with van der Waals surface area (Å²) >= 11 is 0. The maximum Gasteiger partial charge on any atom is 0.127 e. The summed E-state index contributed by atoms with van der Waals surface area (Å²) in [7, 11) is 5.13. The Morgan fingerprint density at radius 1 is 1.22 bits per heavy atom. The lowest BCUT2D eigenvalue weighted by Crippen LogP contribution is -2.14. The van der Waals surface area contributed by atoms with Crippen LogP contribution in [-0.2, 0) is 7.05 Å². The van der Waals surface area contributed by atoms with E-state index in [0.29, 0.717) is 11.5 Å². The molecule has 0 aliphatic heterocycles. The monoisotopic (exact) mass is 247 g/mol. The minimum Gasteiger partial charge on any atom is -0.496 e. The Hall–Kier alpha value is -2.01. The highest BCUT2D eigenvalue weighted by molar-refractivity contribution is 5.49. The summed E-state index contributed by atoms with van der Waals surface area (Å²) in [6, 6.07) is 5.21. The Morgan fingerprint density at radius 3 is 2.28 bits per heavy atom. The largest absolute Gasteiger partial charge is 0.496 e. The third kappa shape index (κ3) is 2.17. The van der Waals surface area contributed by atoms with Crippen LogP contribution in [-0.4, -0.2) is 23.8 Å². The second-order valence-electron chi connectivity index (χ2n) is 4.02. The quantitative estimate of drug-likeness (QED) is 0.889. The predicted molar refractivity (Wildman–Crippen MR) is 68.8 cm³/mol. The molecular weight excluding hydrogens is 230 g/mol. The molecule has 18 heavy (non-hydrogen) atoms. The maximum atomic E-state index is 6.25. The van der Waals surface area contributed by atoms with Gasteiger partial charge in [0.15, 0.2) is 0 Å². The van der Waals surface area contributed by atoms with Crippen LogP contribution in [0.5, 0.6) is 11.5 Å². The van der Waals surface area contributed by atoms with E-state index in [1.54, 1.807) is 20.5 Å². The van der Waals surface area contributed by atoms with Crippen LogP contribution in [0.4, 0.5) is 0 Å². The van der Waals surface area contributed by atoms with Gasteiger partial charge in [0.05, 0.1) is 37.8 Å². The molecular formula is C13H17N3O2. The van der Waals surface area contributed by atoms with Crippen LogP contribution in [0.1, 0.15) is 17.3 Å². The molecule has 5 nitrogen and oxygen atoms in total. The van der Waals surface area contributed by atoms with Gasteiger partial charge in [-0.15, -0.1) is 0 Å². The number of nitrogens with two attached hydrogens (primary N) is 1. The molecule has 2 aromatic rings. The Kier molecular flexibility index (Phi) is 3.53. The number of methoxy groups -OCH3 is 2. The molecule has 1 atom stereocenters. The first kappa shape index (κ1) is 12.4. The lowest BCUT2D eigenvalue weighted by Gasteiger charge is -2.17. The number of ether oxygens (including phenoxy) is 2. The van der Waals surface area contributed by atoms with Gasteiger partial charge < -0.3 is 19.8 Å². The molecule has 0 fully saturated rings. The molecule has 0 saturated carbocycles. The molecule has 0 aliphatic carbocycles. The maximum absolute atomic E-state index is 6.25. The van der Waals surface area contributed by atoms with Crippen LogP contribution >= 0.6 is 0 Å². The molecule has 0 bridgehead atoms. The minimum absolute atomic E-state index is 0.378. The summed E-state index contributed by atoms with van der Waals surface area (Å²) in [5.41, 5.74) is 7.83. The van der Waals surface area contributed by atoms with Crippen molar-refractivity contribution in [2.24, 2.45) is 12.8 Å². The number of nitrogens with zero attached hydrogens (tertiary/aromatic N) is 2. The SMILES string of the molecule is COc1cccc(OC)c1C(N)c1cn(C)cn1. The summed E-state index contributed by atoms with van der Waals surface area (Å²) in [6.45, 7) is 0. The van der Waals surface area contributed by atoms with E-state index in [1.165, 1.54) is 0 Å². The molecule has 1 aromatic carbocycles. The highest BCUT2D eigenvalue weighted by Crippen LogP contribution is 2.35. The fraction of sp³-hybridized carbons (Fsp3) is 0.308. The number of aromatic nitrogens is 2. The molecule has 2 N–H and O–H groups in total. The van der Waals surface area contributed by atoms with E-state index >= 15 is 0 Å². The van der Waals surface area contributed by atoms with E-state index in [4.69, 9.17) is 15.2 Å². The molecule has 1 unspecified atom stereocenters. The lowest BCUT2D eigenvalue weighted by molar-refractivity contribution is 0.382. The zero-order valence-corrected chi connectivity index (χ0v) is 10.8. The van der Waals surface area contributed by atoms with E-state index in [1.807, 2.05) is 36.0 Å². The van der Waals surface area contributed by atoms with Crippen molar-refractivity contribution in [1.29, 1.82) is 0 Å². The summed E-state index contributed by atoms with van der Waals surface area (Å²) in [6.07, 6.45) is 3.60. The Bertz CT molecular complexity index is 515. The van der Waals surface area contributed by atoms with Crippen molar-refractivity contribution in [3.8, 4) is 11.5 Å². The lowest BCUT2D eigenvalue weighted by atomic mass is 10.0. The molecule has 5 heteroatoms. The highest BCUT2D eigenvalue weighted by atomic mass is 16.5. The summed E-state index contributed by atoms with van der Waals surface area (Å²) < 4.78 is 12.5. The first-order valence-electron chi connectivity index (χ1n) is 5.61. The van der Waals surface area contributed by atoms with E-state index < -0.39 is 0 Å². The molecule has 0 spiro atoms. The molecule has 0 amide bonds. The van der Waals surface area contributed by atoms with Gasteiger partial charge in [0.1, 0.15) is 11.5 Å². The minimum atomic E-state index is -0.378. The van der Waals surface area contributed by atoms with Gasteiger partial charge in [0.25, 0.3) is 0 Å². The van der Waals surface area contributed by atoms with Gasteiger partial charge in [0, 0.05) is 13.2 Å². The Morgan fingerprint density at radius 2 is 1.83 bits per heavy atom. The van der Waals surface area contributed by atoms with Crippen LogP contribution in [0.3, 0.4) is 0 Å². The molecule has 0 saturated heterocycles. The van der Waals surface area contributed by atoms with Gasteiger partial charge in [0.2, 0.25) is 0 Å². The Labute approximate surface area is 106 Å². The molecule has 2 rings (SSSR count). The van der Waals surface area contributed by atoms with Crippen molar-refractivity contribution in [2.75, 3.05) is 14.2 Å². The van der Waals surface area contributed by atoms with Gasteiger partial charge in [-0.1, -0.05) is 6.07 Å². The first-order valence-corrected chi connectivity index (χ1v) is 5.61. The fourth-order valence-electron chi connectivity index (χ4n) is 1.93. The predicted octanol–water partition coefficient (Wildman–Crippen LogP) is 1.49. The van der Waals surface area contributed by atoms with Crippen molar-refractivity contribution in [2.45, 2.75) is 6.04 Å². The summed E-state index contributed by atoms with van der Waals surface area (Å²) in [4.78, 5) is 4.27. The third-order valence-electron chi connectivity index (χ3n) is 2.82. The fourth-order valence-corrected chi connectivity index (χ4v) is 1.93. The smallest absolute Gasteiger partial charge is 0.127 e. The number of benzene rings is 1. The van der Waals surface area contributed by atoms with Gasteiger partial charge in [-0.05, 0) is 12.1 Å². The van der Waals surface area contributed by atoms with Gasteiger partial charge in [-0.2, -0.15) is 0 Å². The number of rotatable bonds is 4. The van der Waals surface area contributed by atoms with Crippen LogP contribution in [0, 0.1) is 0 Å². The molecule has 0 radical (unpaired) electrons. The van der Waals surface area contributed by atoms with Gasteiger partial charge >= 0.3 is 0 Å². The topological polar surface area (TPSA) is 62.3 Å². The summed E-state index contributed by atoms with van der Waals surface area (Å²) in [5, 5.41) is 0. The molecule has 1 heterocycles. The van der Waals surface area contributed by atoms with Crippen LogP contribution < -0.4 is 15.2 Å². The zero-order chi connectivity index (χ0) is 13.1. The van der Waals surface area contributed by atoms with E-state index in [9.17, 15) is 0 Å². The van der Waals surface area contributed by atoms with Crippen LogP contribution in [0.2, 0.25) is 0 Å². The average molecular weight is 247 g/mol. The normalized spacial score (nSPS) is 12.2. The summed E-state index contributed by atoms with van der Waals surface area (Å²) in [5.74, 6) is 1.40. The van der Waals surface area contributed by atoms with Gasteiger partial charge in [-0.3, -0.25) is 0 Å². The van der Waals surface area contributed by atoms with E-state index in [0.717, 1.165) is 11.3 Å². The van der Waals surface area contributed by atoms with Crippen molar-refractivity contribution < 1.29 is 9.47 Å². The average Bonchev–Trinajstić information content (AvgIpc) is 2.83. The number of hydrogen-bond donors (Lipinski definition) is 1. The van der Waals surface area contributed by atoms with Crippen molar-refractivity contribution in [1.82, 2.24) is 9.55 Å². The molecule has 1 aromatic heterocycles. The third-order valence-corrected chi connectivity index (χ3v) is 2.82. The zero-order valence-electron chi connectivity index (χ0n) is 10.8. The van der Waals surface area contributed by atoms with Crippen molar-refractivity contribution in [3.63, 3.8) is 0 Å². The van der Waals surface area contributed by atoms with Crippen LogP contribution in [0.15, 0.2) is 30.7 Å².